The maximum absolute atomic E-state index is 8.76. The average molecular weight is 279 g/mol. The normalized spacial score (nSPS) is 9.83. The highest BCUT2D eigenvalue weighted by Gasteiger charge is 2.04. The molecule has 0 aliphatic heterocycles. The Labute approximate surface area is 114 Å². The van der Waals surface area contributed by atoms with Crippen molar-refractivity contribution in [3.63, 3.8) is 0 Å². The summed E-state index contributed by atoms with van der Waals surface area (Å²) >= 11 is 11.8. The van der Waals surface area contributed by atoms with Crippen LogP contribution in [0, 0.1) is 11.3 Å². The molecule has 0 radical (unpaired) electrons. The molecule has 18 heavy (non-hydrogen) atoms. The van der Waals surface area contributed by atoms with Gasteiger partial charge in [0.2, 0.25) is 0 Å². The smallest absolute Gasteiger partial charge is 0.129 e. The molecule has 2 aromatic rings. The highest BCUT2D eigenvalue weighted by Crippen LogP contribution is 2.30. The first-order valence-corrected chi connectivity index (χ1v) is 5.78. The van der Waals surface area contributed by atoms with Gasteiger partial charge in [0, 0.05) is 12.1 Å². The highest BCUT2D eigenvalue weighted by molar-refractivity contribution is 6.33. The van der Waals surface area contributed by atoms with E-state index < -0.39 is 0 Å². The summed E-state index contributed by atoms with van der Waals surface area (Å²) in [6.45, 7) is 0. The van der Waals surface area contributed by atoms with E-state index in [4.69, 9.17) is 38.9 Å². The van der Waals surface area contributed by atoms with Crippen molar-refractivity contribution >= 4 is 28.9 Å². The summed E-state index contributed by atoms with van der Waals surface area (Å²) in [6, 6.07) is 11.8. The van der Waals surface area contributed by atoms with Gasteiger partial charge in [-0.25, -0.2) is 0 Å². The molecule has 0 amide bonds. The van der Waals surface area contributed by atoms with Crippen molar-refractivity contribution in [3.05, 3.63) is 52.0 Å². The molecule has 0 spiro atoms. The van der Waals surface area contributed by atoms with E-state index >= 15 is 0 Å². The van der Waals surface area contributed by atoms with Crippen LogP contribution in [0.15, 0.2) is 36.4 Å². The molecule has 0 aliphatic rings. The number of ether oxygens (including phenoxy) is 1. The molecule has 2 aromatic carbocycles. The summed E-state index contributed by atoms with van der Waals surface area (Å²) in [4.78, 5) is 0. The fourth-order valence-corrected chi connectivity index (χ4v) is 1.74. The molecule has 0 aromatic heterocycles. The fourth-order valence-electron chi connectivity index (χ4n) is 1.36. The summed E-state index contributed by atoms with van der Waals surface area (Å²) < 4.78 is 5.56. The minimum Gasteiger partial charge on any atom is -0.457 e. The lowest BCUT2D eigenvalue weighted by Gasteiger charge is -2.07. The molecule has 0 aliphatic carbocycles. The number of benzene rings is 2. The van der Waals surface area contributed by atoms with Crippen molar-refractivity contribution in [3.8, 4) is 17.6 Å². The van der Waals surface area contributed by atoms with Crippen LogP contribution in [0.4, 0.5) is 5.69 Å². The van der Waals surface area contributed by atoms with Crippen molar-refractivity contribution in [1.82, 2.24) is 0 Å². The van der Waals surface area contributed by atoms with Crippen molar-refractivity contribution in [1.29, 1.82) is 5.26 Å². The molecule has 0 saturated heterocycles. The molecular weight excluding hydrogens is 271 g/mol. The Morgan fingerprint density at radius 1 is 1.00 bits per heavy atom. The Morgan fingerprint density at radius 2 is 1.61 bits per heavy atom. The number of hydrogen-bond acceptors (Lipinski definition) is 3. The largest absolute Gasteiger partial charge is 0.457 e. The molecule has 90 valence electrons. The Morgan fingerprint density at radius 3 is 2.17 bits per heavy atom. The quantitative estimate of drug-likeness (QED) is 0.836. The molecule has 2 N–H and O–H groups in total. The van der Waals surface area contributed by atoms with Gasteiger partial charge in [-0.2, -0.15) is 5.26 Å². The SMILES string of the molecule is N#Cc1ccc(Oc2ccc(N)c(Cl)c2)cc1Cl. The third kappa shape index (κ3) is 2.67. The first-order valence-electron chi connectivity index (χ1n) is 5.02. The van der Waals surface area contributed by atoms with Crippen molar-refractivity contribution in [2.45, 2.75) is 0 Å². The lowest BCUT2D eigenvalue weighted by Crippen LogP contribution is -1.89. The lowest BCUT2D eigenvalue weighted by molar-refractivity contribution is 0.483. The second-order valence-electron chi connectivity index (χ2n) is 3.54. The molecule has 2 rings (SSSR count). The third-order valence-electron chi connectivity index (χ3n) is 2.27. The van der Waals surface area contributed by atoms with E-state index in [9.17, 15) is 0 Å². The number of halogens is 2. The molecule has 0 saturated carbocycles. The van der Waals surface area contributed by atoms with Crippen LogP contribution in [0.2, 0.25) is 10.0 Å². The maximum Gasteiger partial charge on any atom is 0.129 e. The van der Waals surface area contributed by atoms with Crippen LogP contribution in [-0.2, 0) is 0 Å². The van der Waals surface area contributed by atoms with Gasteiger partial charge in [-0.1, -0.05) is 23.2 Å². The molecule has 0 heterocycles. The Balaban J connectivity index is 2.26. The van der Waals surface area contributed by atoms with Crippen LogP contribution in [0.3, 0.4) is 0 Å². The van der Waals surface area contributed by atoms with Gasteiger partial charge in [-0.15, -0.1) is 0 Å². The predicted octanol–water partition coefficient (Wildman–Crippen LogP) is 4.24. The minimum absolute atomic E-state index is 0.344. The minimum atomic E-state index is 0.344. The zero-order chi connectivity index (χ0) is 13.1. The van der Waals surface area contributed by atoms with E-state index in [-0.39, 0.29) is 0 Å². The third-order valence-corrected chi connectivity index (χ3v) is 2.91. The van der Waals surface area contributed by atoms with Gasteiger partial charge in [-0.3, -0.25) is 0 Å². The lowest BCUT2D eigenvalue weighted by atomic mass is 10.2. The predicted molar refractivity (Wildman–Crippen MR) is 72.1 cm³/mol. The van der Waals surface area contributed by atoms with Crippen LogP contribution in [-0.4, -0.2) is 0 Å². The second-order valence-corrected chi connectivity index (χ2v) is 4.35. The molecule has 0 unspecified atom stereocenters. The number of hydrogen-bond donors (Lipinski definition) is 1. The van der Waals surface area contributed by atoms with E-state index in [0.717, 1.165) is 0 Å². The van der Waals surface area contributed by atoms with Gasteiger partial charge in [0.1, 0.15) is 17.6 Å². The molecule has 0 atom stereocenters. The number of anilines is 1. The standard InChI is InChI=1S/C13H8Cl2N2O/c14-11-5-9(2-1-8(11)7-16)18-10-3-4-13(17)12(15)6-10/h1-6H,17H2. The molecule has 3 nitrogen and oxygen atoms in total. The summed E-state index contributed by atoms with van der Waals surface area (Å²) in [5, 5.41) is 9.53. The maximum atomic E-state index is 8.76. The molecule has 0 fully saturated rings. The second kappa shape index (κ2) is 5.18. The van der Waals surface area contributed by atoms with Gasteiger partial charge in [0.25, 0.3) is 0 Å². The van der Waals surface area contributed by atoms with E-state index in [0.29, 0.717) is 32.8 Å². The van der Waals surface area contributed by atoms with E-state index in [1.54, 1.807) is 36.4 Å². The number of nitrogen functional groups attached to an aromatic ring is 1. The van der Waals surface area contributed by atoms with Gasteiger partial charge in [0.05, 0.1) is 21.3 Å². The fraction of sp³-hybridized carbons (Fsp3) is 0. The zero-order valence-corrected chi connectivity index (χ0v) is 10.7. The first kappa shape index (κ1) is 12.6. The van der Waals surface area contributed by atoms with Gasteiger partial charge < -0.3 is 10.5 Å². The van der Waals surface area contributed by atoms with Crippen molar-refractivity contribution < 1.29 is 4.74 Å². The number of nitrogens with two attached hydrogens (primary N) is 1. The monoisotopic (exact) mass is 278 g/mol. The van der Waals surface area contributed by atoms with Crippen LogP contribution >= 0.6 is 23.2 Å². The summed E-state index contributed by atoms with van der Waals surface area (Å²) in [7, 11) is 0. The van der Waals surface area contributed by atoms with E-state index in [1.807, 2.05) is 6.07 Å². The Bertz CT molecular complexity index is 635. The first-order chi connectivity index (χ1) is 8.60. The molecular formula is C13H8Cl2N2O. The highest BCUT2D eigenvalue weighted by atomic mass is 35.5. The van der Waals surface area contributed by atoms with Crippen molar-refractivity contribution in [2.24, 2.45) is 0 Å². The van der Waals surface area contributed by atoms with Gasteiger partial charge in [0.15, 0.2) is 0 Å². The summed E-state index contributed by atoms with van der Waals surface area (Å²) in [5.41, 5.74) is 6.49. The number of nitriles is 1. The van der Waals surface area contributed by atoms with Gasteiger partial charge >= 0.3 is 0 Å². The van der Waals surface area contributed by atoms with Crippen LogP contribution in [0.25, 0.3) is 0 Å². The topological polar surface area (TPSA) is 59.0 Å². The number of rotatable bonds is 2. The van der Waals surface area contributed by atoms with Crippen LogP contribution in [0.1, 0.15) is 5.56 Å². The van der Waals surface area contributed by atoms with Crippen LogP contribution in [0.5, 0.6) is 11.5 Å². The molecule has 0 bridgehead atoms. The average Bonchev–Trinajstić information content (AvgIpc) is 2.34. The van der Waals surface area contributed by atoms with Gasteiger partial charge in [-0.05, 0) is 24.3 Å². The summed E-state index contributed by atoms with van der Waals surface area (Å²) in [6.07, 6.45) is 0. The van der Waals surface area contributed by atoms with Crippen LogP contribution < -0.4 is 10.5 Å². The van der Waals surface area contributed by atoms with Crippen molar-refractivity contribution in [2.75, 3.05) is 5.73 Å². The Hall–Kier alpha value is -1.89. The Kier molecular flexibility index (Phi) is 3.61. The van der Waals surface area contributed by atoms with E-state index in [2.05, 4.69) is 0 Å². The number of nitrogens with zero attached hydrogens (tertiary/aromatic N) is 1. The summed E-state index contributed by atoms with van der Waals surface area (Å²) in [5.74, 6) is 1.08. The molecule has 5 heteroatoms. The zero-order valence-electron chi connectivity index (χ0n) is 9.15. The van der Waals surface area contributed by atoms with E-state index in [1.165, 1.54) is 0 Å².